The molecule has 0 aliphatic heterocycles. The molecule has 0 unspecified atom stereocenters. The van der Waals surface area contributed by atoms with Crippen LogP contribution < -0.4 is 11.2 Å². The number of nitrogens with zero attached hydrogens (tertiary/aromatic N) is 6. The van der Waals surface area contributed by atoms with E-state index in [1.807, 2.05) is 71.5 Å². The summed E-state index contributed by atoms with van der Waals surface area (Å²) >= 11 is 0. The van der Waals surface area contributed by atoms with Crippen LogP contribution in [0.25, 0.3) is 28.1 Å². The first-order chi connectivity index (χ1) is 15.0. The van der Waals surface area contributed by atoms with E-state index in [9.17, 15) is 9.59 Å². The van der Waals surface area contributed by atoms with E-state index >= 15 is 0 Å². The predicted molar refractivity (Wildman–Crippen MR) is 118 cm³/mol. The lowest BCUT2D eigenvalue weighted by Gasteiger charge is -2.07. The second-order valence-electron chi connectivity index (χ2n) is 7.40. The molecule has 0 saturated carbocycles. The van der Waals surface area contributed by atoms with Gasteiger partial charge in [0.15, 0.2) is 11.2 Å². The van der Waals surface area contributed by atoms with Crippen LogP contribution in [0.4, 0.5) is 0 Å². The summed E-state index contributed by atoms with van der Waals surface area (Å²) in [6.07, 6.45) is 3.57. The molecule has 0 aliphatic rings. The zero-order valence-electron chi connectivity index (χ0n) is 17.1. The van der Waals surface area contributed by atoms with Gasteiger partial charge in [-0.3, -0.25) is 13.9 Å². The lowest BCUT2D eigenvalue weighted by atomic mass is 10.1. The highest BCUT2D eigenvalue weighted by molar-refractivity contribution is 5.70. The lowest BCUT2D eigenvalue weighted by molar-refractivity contribution is 0.702. The third-order valence-electron chi connectivity index (χ3n) is 5.42. The second-order valence-corrected chi connectivity index (χ2v) is 7.40. The highest BCUT2D eigenvalue weighted by Gasteiger charge is 2.18. The molecule has 154 valence electrons. The van der Waals surface area contributed by atoms with Crippen molar-refractivity contribution in [2.24, 2.45) is 14.1 Å². The molecular weight excluding hydrogens is 392 g/mol. The van der Waals surface area contributed by atoms with Crippen molar-refractivity contribution >= 4 is 11.2 Å². The van der Waals surface area contributed by atoms with Gasteiger partial charge in [-0.2, -0.15) is 5.10 Å². The van der Waals surface area contributed by atoms with Gasteiger partial charge in [-0.05, 0) is 12.1 Å². The topological polar surface area (TPSA) is 79.6 Å². The minimum atomic E-state index is -0.398. The number of benzene rings is 2. The molecule has 0 spiro atoms. The van der Waals surface area contributed by atoms with Crippen LogP contribution in [0.3, 0.4) is 0 Å². The first-order valence-electron chi connectivity index (χ1n) is 9.85. The van der Waals surface area contributed by atoms with Crippen LogP contribution in [-0.2, 0) is 20.6 Å². The molecule has 0 atom stereocenters. The van der Waals surface area contributed by atoms with Crippen molar-refractivity contribution in [3.8, 4) is 16.9 Å². The lowest BCUT2D eigenvalue weighted by Crippen LogP contribution is -2.37. The Morgan fingerprint density at radius 1 is 0.871 bits per heavy atom. The fraction of sp³-hybridized carbons (Fsp3) is 0.130. The normalized spacial score (nSPS) is 11.3. The van der Waals surface area contributed by atoms with Crippen LogP contribution in [0.1, 0.15) is 5.56 Å². The number of para-hydroxylation sites is 1. The Labute approximate surface area is 177 Å². The van der Waals surface area contributed by atoms with Crippen molar-refractivity contribution in [1.82, 2.24) is 28.5 Å². The number of hydrogen-bond donors (Lipinski definition) is 0. The Bertz CT molecular complexity index is 1510. The Balaban J connectivity index is 1.69. The molecule has 3 heterocycles. The molecule has 2 aromatic carbocycles. The average Bonchev–Trinajstić information content (AvgIpc) is 3.42. The zero-order chi connectivity index (χ0) is 21.5. The second kappa shape index (κ2) is 7.24. The molecule has 0 fully saturated rings. The smallest absolute Gasteiger partial charge is 0.320 e. The summed E-state index contributed by atoms with van der Waals surface area (Å²) in [6, 6.07) is 19.8. The minimum Gasteiger partial charge on any atom is -0.320 e. The zero-order valence-corrected chi connectivity index (χ0v) is 17.1. The van der Waals surface area contributed by atoms with E-state index in [0.29, 0.717) is 17.7 Å². The van der Waals surface area contributed by atoms with Gasteiger partial charge < -0.3 is 4.57 Å². The third kappa shape index (κ3) is 3.09. The van der Waals surface area contributed by atoms with Crippen molar-refractivity contribution in [2.45, 2.75) is 6.54 Å². The van der Waals surface area contributed by atoms with Gasteiger partial charge in [0.2, 0.25) is 0 Å². The molecule has 0 amide bonds. The van der Waals surface area contributed by atoms with E-state index in [1.54, 1.807) is 17.9 Å². The fourth-order valence-electron chi connectivity index (χ4n) is 3.78. The van der Waals surface area contributed by atoms with Gasteiger partial charge in [0, 0.05) is 31.4 Å². The molecule has 8 nitrogen and oxygen atoms in total. The maximum absolute atomic E-state index is 12.8. The summed E-state index contributed by atoms with van der Waals surface area (Å²) in [5, 5.41) is 4.83. The van der Waals surface area contributed by atoms with Crippen molar-refractivity contribution in [1.29, 1.82) is 0 Å². The van der Waals surface area contributed by atoms with Gasteiger partial charge in [-0.25, -0.2) is 14.5 Å². The van der Waals surface area contributed by atoms with E-state index < -0.39 is 5.69 Å². The van der Waals surface area contributed by atoms with Crippen LogP contribution in [0.2, 0.25) is 0 Å². The van der Waals surface area contributed by atoms with Crippen molar-refractivity contribution < 1.29 is 0 Å². The molecule has 0 N–H and O–H groups in total. The summed E-state index contributed by atoms with van der Waals surface area (Å²) in [7, 11) is 3.09. The van der Waals surface area contributed by atoms with Crippen LogP contribution in [0, 0.1) is 0 Å². The van der Waals surface area contributed by atoms with E-state index in [2.05, 4.69) is 4.98 Å². The van der Waals surface area contributed by atoms with Gasteiger partial charge in [-0.1, -0.05) is 48.5 Å². The van der Waals surface area contributed by atoms with E-state index in [4.69, 9.17) is 5.10 Å². The number of aryl methyl sites for hydroxylation is 1. The Morgan fingerprint density at radius 2 is 1.55 bits per heavy atom. The van der Waals surface area contributed by atoms with E-state index in [1.165, 1.54) is 11.6 Å². The number of rotatable bonds is 4. The first kappa shape index (κ1) is 18.8. The Morgan fingerprint density at radius 3 is 2.26 bits per heavy atom. The van der Waals surface area contributed by atoms with Gasteiger partial charge in [0.05, 0.1) is 24.3 Å². The quantitative estimate of drug-likeness (QED) is 0.454. The summed E-state index contributed by atoms with van der Waals surface area (Å²) in [4.78, 5) is 29.4. The molecule has 0 saturated heterocycles. The molecule has 0 radical (unpaired) electrons. The van der Waals surface area contributed by atoms with Crippen molar-refractivity contribution in [3.63, 3.8) is 0 Å². The largest absolute Gasteiger partial charge is 0.332 e. The SMILES string of the molecule is Cn1c(=O)c2c(ncn2Cc2cn(-c3ccccc3)nc2-c2ccccc2)n(C)c1=O. The maximum Gasteiger partial charge on any atom is 0.332 e. The molecule has 0 aliphatic carbocycles. The highest BCUT2D eigenvalue weighted by atomic mass is 16.2. The molecule has 8 heteroatoms. The van der Waals surface area contributed by atoms with Crippen molar-refractivity contribution in [3.05, 3.63) is 99.6 Å². The number of fused-ring (bicyclic) bond motifs is 1. The van der Waals surface area contributed by atoms with Gasteiger partial charge >= 0.3 is 5.69 Å². The third-order valence-corrected chi connectivity index (χ3v) is 5.42. The van der Waals surface area contributed by atoms with Gasteiger partial charge in [0.25, 0.3) is 5.56 Å². The molecule has 3 aromatic heterocycles. The standard InChI is InChI=1S/C23H20N6O2/c1-26-21-20(22(30)27(2)23(26)31)28(15-24-21)13-17-14-29(18-11-7-4-8-12-18)25-19(17)16-9-5-3-6-10-16/h3-12,14-15H,13H2,1-2H3. The summed E-state index contributed by atoms with van der Waals surface area (Å²) in [5.41, 5.74) is 3.67. The van der Waals surface area contributed by atoms with E-state index in [0.717, 1.165) is 27.1 Å². The van der Waals surface area contributed by atoms with Crippen LogP contribution in [0.5, 0.6) is 0 Å². The van der Waals surface area contributed by atoms with Crippen LogP contribution in [0.15, 0.2) is 82.8 Å². The Kier molecular flexibility index (Phi) is 4.39. The van der Waals surface area contributed by atoms with Crippen LogP contribution in [-0.4, -0.2) is 28.5 Å². The summed E-state index contributed by atoms with van der Waals surface area (Å²) in [5.74, 6) is 0. The first-order valence-corrected chi connectivity index (χ1v) is 9.85. The highest BCUT2D eigenvalue weighted by Crippen LogP contribution is 2.25. The maximum atomic E-state index is 12.8. The molecular formula is C23H20N6O2. The Hall–Kier alpha value is -4.20. The number of imidazole rings is 1. The fourth-order valence-corrected chi connectivity index (χ4v) is 3.78. The van der Waals surface area contributed by atoms with E-state index in [-0.39, 0.29) is 5.56 Å². The molecule has 31 heavy (non-hydrogen) atoms. The predicted octanol–water partition coefficient (Wildman–Crippen LogP) is 2.33. The number of aromatic nitrogens is 6. The van der Waals surface area contributed by atoms with Gasteiger partial charge in [-0.15, -0.1) is 0 Å². The number of hydrogen-bond acceptors (Lipinski definition) is 4. The summed E-state index contributed by atoms with van der Waals surface area (Å²) < 4.78 is 6.10. The van der Waals surface area contributed by atoms with Gasteiger partial charge in [0.1, 0.15) is 0 Å². The molecule has 5 rings (SSSR count). The molecule has 5 aromatic rings. The monoisotopic (exact) mass is 412 g/mol. The average molecular weight is 412 g/mol. The van der Waals surface area contributed by atoms with Crippen LogP contribution >= 0.6 is 0 Å². The minimum absolute atomic E-state index is 0.366. The molecule has 0 bridgehead atoms. The summed E-state index contributed by atoms with van der Waals surface area (Å²) in [6.45, 7) is 0.390. The van der Waals surface area contributed by atoms with Crippen molar-refractivity contribution in [2.75, 3.05) is 0 Å².